The number of rotatable bonds is 3. The summed E-state index contributed by atoms with van der Waals surface area (Å²) in [4.78, 5) is 39.2. The van der Waals surface area contributed by atoms with Gasteiger partial charge in [0.2, 0.25) is 5.91 Å². The number of nitrogens with zero attached hydrogens (tertiary/aromatic N) is 2. The second-order valence-electron chi connectivity index (χ2n) is 6.43. The smallest absolute Gasteiger partial charge is 0.329 e. The molecule has 8 nitrogen and oxygen atoms in total. The van der Waals surface area contributed by atoms with E-state index in [1.165, 1.54) is 4.90 Å². The summed E-state index contributed by atoms with van der Waals surface area (Å²) in [6, 6.07) is -0.0599. The van der Waals surface area contributed by atoms with Gasteiger partial charge < -0.3 is 25.0 Å². The van der Waals surface area contributed by atoms with Gasteiger partial charge in [0.1, 0.15) is 5.54 Å². The lowest BCUT2D eigenvalue weighted by Gasteiger charge is -2.37. The third-order valence-electron chi connectivity index (χ3n) is 4.64. The quantitative estimate of drug-likeness (QED) is 0.767. The molecule has 2 heterocycles. The van der Waals surface area contributed by atoms with Gasteiger partial charge in [-0.15, -0.1) is 0 Å². The van der Waals surface area contributed by atoms with Gasteiger partial charge in [-0.3, -0.25) is 4.79 Å². The van der Waals surface area contributed by atoms with Crippen LogP contribution in [0.15, 0.2) is 0 Å². The average Bonchev–Trinajstić information content (AvgIpc) is 2.55. The van der Waals surface area contributed by atoms with Crippen LogP contribution in [0.1, 0.15) is 25.7 Å². The van der Waals surface area contributed by atoms with Crippen molar-refractivity contribution in [3.63, 3.8) is 0 Å². The Kier molecular flexibility index (Phi) is 5.46. The highest BCUT2D eigenvalue weighted by atomic mass is 16.5. The third-order valence-corrected chi connectivity index (χ3v) is 4.64. The Morgan fingerprint density at radius 2 is 1.74 bits per heavy atom. The molecule has 0 aromatic carbocycles. The molecule has 0 aromatic heterocycles. The topological polar surface area (TPSA) is 99.2 Å². The molecule has 0 saturated carbocycles. The maximum atomic E-state index is 12.5. The van der Waals surface area contributed by atoms with Crippen molar-refractivity contribution in [2.24, 2.45) is 5.92 Å². The number of nitrogens with one attached hydrogen (secondary N) is 1. The van der Waals surface area contributed by atoms with Crippen molar-refractivity contribution in [1.29, 1.82) is 0 Å². The zero-order valence-corrected chi connectivity index (χ0v) is 13.7. The molecule has 0 aliphatic carbocycles. The van der Waals surface area contributed by atoms with E-state index in [1.54, 1.807) is 19.0 Å². The van der Waals surface area contributed by atoms with E-state index in [2.05, 4.69) is 5.32 Å². The normalized spacial score (nSPS) is 21.6. The number of carboxylic acid groups (broad SMARTS) is 1. The highest BCUT2D eigenvalue weighted by molar-refractivity contribution is 5.88. The number of amides is 3. The third kappa shape index (κ3) is 3.93. The summed E-state index contributed by atoms with van der Waals surface area (Å²) in [5.74, 6) is -1.49. The second kappa shape index (κ2) is 7.16. The van der Waals surface area contributed by atoms with Crippen LogP contribution in [0.5, 0.6) is 0 Å². The molecule has 0 bridgehead atoms. The van der Waals surface area contributed by atoms with Crippen LogP contribution >= 0.6 is 0 Å². The molecule has 2 aliphatic rings. The van der Waals surface area contributed by atoms with Crippen LogP contribution in [0.2, 0.25) is 0 Å². The molecule has 8 heteroatoms. The molecule has 2 fully saturated rings. The van der Waals surface area contributed by atoms with Crippen molar-refractivity contribution in [3.05, 3.63) is 0 Å². The summed E-state index contributed by atoms with van der Waals surface area (Å²) in [6.45, 7) is 1.70. The summed E-state index contributed by atoms with van der Waals surface area (Å²) in [5, 5.41) is 12.2. The highest BCUT2D eigenvalue weighted by Gasteiger charge is 2.43. The maximum Gasteiger partial charge on any atom is 0.329 e. The predicted molar refractivity (Wildman–Crippen MR) is 81.9 cm³/mol. The van der Waals surface area contributed by atoms with Crippen LogP contribution in [0.25, 0.3) is 0 Å². The number of likely N-dealkylation sites (tertiary alicyclic amines) is 1. The molecule has 3 amide bonds. The predicted octanol–water partition coefficient (Wildman–Crippen LogP) is 0.130. The van der Waals surface area contributed by atoms with Gasteiger partial charge in [0.15, 0.2) is 0 Å². The summed E-state index contributed by atoms with van der Waals surface area (Å²) in [5.41, 5.74) is -1.22. The minimum Gasteiger partial charge on any atom is -0.480 e. The molecule has 0 aromatic rings. The zero-order chi connectivity index (χ0) is 17.0. The molecule has 0 spiro atoms. The fourth-order valence-corrected chi connectivity index (χ4v) is 3.07. The van der Waals surface area contributed by atoms with E-state index >= 15 is 0 Å². The Hall–Kier alpha value is -1.83. The number of aliphatic carboxylic acids is 1. The molecule has 2 N–H and O–H groups in total. The van der Waals surface area contributed by atoms with Crippen LogP contribution in [0, 0.1) is 5.92 Å². The van der Waals surface area contributed by atoms with Crippen LogP contribution in [-0.4, -0.2) is 78.8 Å². The summed E-state index contributed by atoms with van der Waals surface area (Å²) in [7, 11) is 3.39. The van der Waals surface area contributed by atoms with E-state index in [0.29, 0.717) is 39.1 Å². The van der Waals surface area contributed by atoms with Crippen molar-refractivity contribution in [2.75, 3.05) is 40.4 Å². The van der Waals surface area contributed by atoms with E-state index in [1.807, 2.05) is 0 Å². The zero-order valence-electron chi connectivity index (χ0n) is 13.7. The molecule has 23 heavy (non-hydrogen) atoms. The Bertz CT molecular complexity index is 466. The summed E-state index contributed by atoms with van der Waals surface area (Å²) >= 11 is 0. The SMILES string of the molecule is CN(C)C(=O)N1CCC(C(=O)NC2(C(=O)O)CCOCC2)CC1. The number of carboxylic acids is 1. The molecule has 0 radical (unpaired) electrons. The van der Waals surface area contributed by atoms with Gasteiger partial charge >= 0.3 is 12.0 Å². The van der Waals surface area contributed by atoms with Gasteiger partial charge in [-0.25, -0.2) is 9.59 Å². The van der Waals surface area contributed by atoms with E-state index in [0.717, 1.165) is 0 Å². The van der Waals surface area contributed by atoms with E-state index in [9.17, 15) is 19.5 Å². The number of carbonyl (C=O) groups excluding carboxylic acids is 2. The summed E-state index contributed by atoms with van der Waals surface area (Å²) in [6.07, 6.45) is 1.67. The molecule has 0 atom stereocenters. The Morgan fingerprint density at radius 1 is 1.17 bits per heavy atom. The standard InChI is InChI=1S/C15H25N3O5/c1-17(2)14(22)18-7-3-11(4-8-18)12(19)16-15(13(20)21)5-9-23-10-6-15/h11H,3-10H2,1-2H3,(H,16,19)(H,20,21). The van der Waals surface area contributed by atoms with Gasteiger partial charge in [0.25, 0.3) is 0 Å². The molecular formula is C15H25N3O5. The van der Waals surface area contributed by atoms with E-state index in [4.69, 9.17) is 4.74 Å². The number of urea groups is 1. The number of piperidine rings is 1. The minimum atomic E-state index is -1.22. The van der Waals surface area contributed by atoms with Crippen LogP contribution in [0.4, 0.5) is 4.79 Å². The Balaban J connectivity index is 1.92. The Labute approximate surface area is 135 Å². The van der Waals surface area contributed by atoms with Gasteiger partial charge in [0, 0.05) is 59.2 Å². The molecule has 2 aliphatic heterocycles. The van der Waals surface area contributed by atoms with Crippen molar-refractivity contribution in [3.8, 4) is 0 Å². The Morgan fingerprint density at radius 3 is 2.22 bits per heavy atom. The molecular weight excluding hydrogens is 302 g/mol. The lowest BCUT2D eigenvalue weighted by Crippen LogP contribution is -2.59. The van der Waals surface area contributed by atoms with Gasteiger partial charge in [-0.2, -0.15) is 0 Å². The fourth-order valence-electron chi connectivity index (χ4n) is 3.07. The first kappa shape index (κ1) is 17.5. The number of hydrogen-bond donors (Lipinski definition) is 2. The van der Waals surface area contributed by atoms with Crippen molar-refractivity contribution >= 4 is 17.9 Å². The van der Waals surface area contributed by atoms with Gasteiger partial charge in [-0.05, 0) is 12.8 Å². The molecule has 2 saturated heterocycles. The summed E-state index contributed by atoms with van der Waals surface area (Å²) < 4.78 is 5.20. The number of carbonyl (C=O) groups is 3. The van der Waals surface area contributed by atoms with Gasteiger partial charge in [-0.1, -0.05) is 0 Å². The van der Waals surface area contributed by atoms with Crippen molar-refractivity contribution in [2.45, 2.75) is 31.2 Å². The first-order valence-corrected chi connectivity index (χ1v) is 7.95. The maximum absolute atomic E-state index is 12.5. The lowest BCUT2D eigenvalue weighted by molar-refractivity contribution is -0.153. The van der Waals surface area contributed by atoms with Crippen LogP contribution < -0.4 is 5.32 Å². The van der Waals surface area contributed by atoms with Crippen LogP contribution in [0.3, 0.4) is 0 Å². The highest BCUT2D eigenvalue weighted by Crippen LogP contribution is 2.24. The lowest BCUT2D eigenvalue weighted by atomic mass is 9.88. The van der Waals surface area contributed by atoms with Gasteiger partial charge in [0.05, 0.1) is 0 Å². The molecule has 130 valence electrons. The van der Waals surface area contributed by atoms with Crippen molar-refractivity contribution < 1.29 is 24.2 Å². The van der Waals surface area contributed by atoms with Crippen LogP contribution in [-0.2, 0) is 14.3 Å². The monoisotopic (exact) mass is 327 g/mol. The first-order chi connectivity index (χ1) is 10.9. The fraction of sp³-hybridized carbons (Fsp3) is 0.800. The first-order valence-electron chi connectivity index (χ1n) is 7.95. The van der Waals surface area contributed by atoms with E-state index < -0.39 is 11.5 Å². The molecule has 0 unspecified atom stereocenters. The van der Waals surface area contributed by atoms with Crippen molar-refractivity contribution in [1.82, 2.24) is 15.1 Å². The average molecular weight is 327 g/mol. The number of ether oxygens (including phenoxy) is 1. The van der Waals surface area contributed by atoms with E-state index in [-0.39, 0.29) is 30.7 Å². The second-order valence-corrected chi connectivity index (χ2v) is 6.43. The largest absolute Gasteiger partial charge is 0.480 e. The number of hydrogen-bond acceptors (Lipinski definition) is 4. The minimum absolute atomic E-state index is 0.0599. The molecule has 2 rings (SSSR count).